The highest BCUT2D eigenvalue weighted by Crippen LogP contribution is 2.13. The van der Waals surface area contributed by atoms with Crippen molar-refractivity contribution in [3.05, 3.63) is 0 Å². The number of nitrogens with zero attached hydrogens (tertiary/aromatic N) is 4. The van der Waals surface area contributed by atoms with Crippen LogP contribution in [0.25, 0.3) is 0 Å². The van der Waals surface area contributed by atoms with Crippen LogP contribution in [0, 0.1) is 0 Å². The number of piperidine rings is 1. The number of hydrogen-bond acceptors (Lipinski definition) is 5. The second-order valence-electron chi connectivity index (χ2n) is 6.18. The van der Waals surface area contributed by atoms with E-state index in [4.69, 9.17) is 0 Å². The van der Waals surface area contributed by atoms with Crippen molar-refractivity contribution >= 4 is 22.0 Å². The molecule has 2 aliphatic heterocycles. The number of likely N-dealkylation sites (tertiary alicyclic amines) is 1. The highest BCUT2D eigenvalue weighted by Gasteiger charge is 2.29. The molecule has 0 bridgehead atoms. The van der Waals surface area contributed by atoms with Crippen molar-refractivity contribution in [2.75, 3.05) is 53.4 Å². The van der Waals surface area contributed by atoms with Crippen molar-refractivity contribution in [2.45, 2.75) is 25.7 Å². The quantitative estimate of drug-likeness (QED) is 0.597. The van der Waals surface area contributed by atoms with Crippen LogP contribution in [0.5, 0.6) is 0 Å². The Balaban J connectivity index is 1.73. The van der Waals surface area contributed by atoms with E-state index in [2.05, 4.69) is 4.90 Å². The fourth-order valence-corrected chi connectivity index (χ4v) is 4.00. The van der Waals surface area contributed by atoms with Crippen molar-refractivity contribution < 1.29 is 18.0 Å². The second-order valence-corrected chi connectivity index (χ2v) is 8.32. The summed E-state index contributed by atoms with van der Waals surface area (Å²) in [6, 6.07) is 0. The minimum absolute atomic E-state index is 0.0665. The molecule has 0 N–H and O–H groups in total. The van der Waals surface area contributed by atoms with Crippen molar-refractivity contribution in [1.82, 2.24) is 18.4 Å². The Morgan fingerprint density at radius 3 is 2.04 bits per heavy atom. The first kappa shape index (κ1) is 18.3. The molecule has 0 aromatic carbocycles. The summed E-state index contributed by atoms with van der Waals surface area (Å²) in [4.78, 5) is 27.0. The van der Waals surface area contributed by atoms with E-state index in [1.54, 1.807) is 0 Å². The molecule has 2 heterocycles. The molecule has 0 saturated carbocycles. The molecule has 23 heavy (non-hydrogen) atoms. The highest BCUT2D eigenvalue weighted by atomic mass is 32.2. The van der Waals surface area contributed by atoms with Gasteiger partial charge in [-0.05, 0) is 19.4 Å². The van der Waals surface area contributed by atoms with Gasteiger partial charge in [-0.3, -0.25) is 14.5 Å². The van der Waals surface area contributed by atoms with Gasteiger partial charge >= 0.3 is 0 Å². The van der Waals surface area contributed by atoms with Crippen molar-refractivity contribution in [1.29, 1.82) is 0 Å². The molecule has 2 aliphatic rings. The maximum atomic E-state index is 12.0. The molecule has 0 spiro atoms. The fraction of sp³-hybridized carbons (Fsp3) is 0.857. The molecule has 8 nitrogen and oxygen atoms in total. The zero-order chi connectivity index (χ0) is 17.0. The molecule has 0 aromatic rings. The topological polar surface area (TPSA) is 81.2 Å². The van der Waals surface area contributed by atoms with Crippen LogP contribution in [0.2, 0.25) is 0 Å². The molecule has 0 atom stereocenters. The Kier molecular flexibility index (Phi) is 6.12. The van der Waals surface area contributed by atoms with Crippen molar-refractivity contribution in [2.24, 2.45) is 0 Å². The van der Waals surface area contributed by atoms with Gasteiger partial charge < -0.3 is 4.90 Å². The third-order valence-corrected chi connectivity index (χ3v) is 6.30. The van der Waals surface area contributed by atoms with Crippen LogP contribution in [0.4, 0.5) is 0 Å². The summed E-state index contributed by atoms with van der Waals surface area (Å²) in [5, 5.41) is 0. The van der Waals surface area contributed by atoms with Gasteiger partial charge in [0.15, 0.2) is 0 Å². The van der Waals surface area contributed by atoms with Crippen molar-refractivity contribution in [3.63, 3.8) is 0 Å². The van der Waals surface area contributed by atoms with E-state index < -0.39 is 10.2 Å². The summed E-state index contributed by atoms with van der Waals surface area (Å²) in [5.41, 5.74) is 0. The van der Waals surface area contributed by atoms with Gasteiger partial charge in [-0.15, -0.1) is 0 Å². The number of amides is 2. The highest BCUT2D eigenvalue weighted by molar-refractivity contribution is 7.86. The lowest BCUT2D eigenvalue weighted by molar-refractivity contribution is -0.148. The van der Waals surface area contributed by atoms with Gasteiger partial charge in [-0.25, -0.2) is 0 Å². The van der Waals surface area contributed by atoms with E-state index in [1.807, 2.05) is 0 Å². The molecular formula is C14H26N4O4S. The minimum atomic E-state index is -3.33. The minimum Gasteiger partial charge on any atom is -0.301 e. The number of carbonyl (C=O) groups is 2. The maximum Gasteiger partial charge on any atom is 0.281 e. The first-order valence-corrected chi connectivity index (χ1v) is 9.45. The maximum absolute atomic E-state index is 12.0. The van der Waals surface area contributed by atoms with E-state index in [1.165, 1.54) is 27.6 Å². The van der Waals surface area contributed by atoms with Crippen LogP contribution in [0.1, 0.15) is 25.7 Å². The number of imide groups is 1. The largest absolute Gasteiger partial charge is 0.301 e. The number of carbonyl (C=O) groups excluding carboxylic acids is 2. The monoisotopic (exact) mass is 346 g/mol. The Labute approximate surface area is 138 Å². The van der Waals surface area contributed by atoms with Gasteiger partial charge in [0.2, 0.25) is 11.8 Å². The lowest BCUT2D eigenvalue weighted by atomic mass is 10.1. The molecule has 2 amide bonds. The third kappa shape index (κ3) is 4.50. The summed E-state index contributed by atoms with van der Waals surface area (Å²) in [7, 11) is -0.261. The average molecular weight is 346 g/mol. The molecule has 0 unspecified atom stereocenters. The van der Waals surface area contributed by atoms with Crippen LogP contribution in [0.3, 0.4) is 0 Å². The molecule has 2 rings (SSSR count). The number of rotatable bonds is 6. The smallest absolute Gasteiger partial charge is 0.281 e. The van der Waals surface area contributed by atoms with E-state index in [-0.39, 0.29) is 11.8 Å². The Morgan fingerprint density at radius 2 is 1.52 bits per heavy atom. The summed E-state index contributed by atoms with van der Waals surface area (Å²) in [6.07, 6.45) is 2.33. The lowest BCUT2D eigenvalue weighted by Crippen LogP contribution is -2.52. The second kappa shape index (κ2) is 7.69. The summed E-state index contributed by atoms with van der Waals surface area (Å²) in [6.45, 7) is 3.54. The molecule has 132 valence electrons. The zero-order valence-corrected chi connectivity index (χ0v) is 14.7. The number of hydrogen-bond donors (Lipinski definition) is 0. The normalized spacial score (nSPS) is 22.1. The predicted octanol–water partition coefficient (Wildman–Crippen LogP) is -0.660. The Hall–Kier alpha value is -1.03. The lowest BCUT2D eigenvalue weighted by Gasteiger charge is -2.35. The first-order valence-electron chi connectivity index (χ1n) is 8.05. The van der Waals surface area contributed by atoms with E-state index in [9.17, 15) is 18.0 Å². The van der Waals surface area contributed by atoms with E-state index in [0.29, 0.717) is 52.0 Å². The molecule has 2 saturated heterocycles. The predicted molar refractivity (Wildman–Crippen MR) is 85.8 cm³/mol. The standard InChI is InChI=1S/C14H26N4O4S/c1-15(2)23(21,22)17-11-9-16(10-12-17)7-4-8-18-13(19)5-3-6-14(18)20/h3-12H2,1-2H3. The molecular weight excluding hydrogens is 320 g/mol. The summed E-state index contributed by atoms with van der Waals surface area (Å²) < 4.78 is 26.8. The van der Waals surface area contributed by atoms with Crippen LogP contribution >= 0.6 is 0 Å². The van der Waals surface area contributed by atoms with Gasteiger partial charge in [-0.2, -0.15) is 17.0 Å². The van der Waals surface area contributed by atoms with Crippen molar-refractivity contribution in [3.8, 4) is 0 Å². The summed E-state index contributed by atoms with van der Waals surface area (Å²) in [5.74, 6) is -0.133. The number of piperazine rings is 1. The Bertz CT molecular complexity index is 525. The van der Waals surface area contributed by atoms with Gasteiger partial charge in [0.05, 0.1) is 0 Å². The van der Waals surface area contributed by atoms with Crippen LogP contribution in [-0.4, -0.2) is 92.0 Å². The van der Waals surface area contributed by atoms with Gasteiger partial charge in [0.1, 0.15) is 0 Å². The van der Waals surface area contributed by atoms with Crippen LogP contribution in [0.15, 0.2) is 0 Å². The molecule has 0 aliphatic carbocycles. The first-order chi connectivity index (χ1) is 10.8. The third-order valence-electron chi connectivity index (χ3n) is 4.36. The molecule has 9 heteroatoms. The molecule has 0 aromatic heterocycles. The van der Waals surface area contributed by atoms with E-state index in [0.717, 1.165) is 13.0 Å². The SMILES string of the molecule is CN(C)S(=O)(=O)N1CCN(CCCN2C(=O)CCCC2=O)CC1. The van der Waals surface area contributed by atoms with Crippen LogP contribution in [-0.2, 0) is 19.8 Å². The molecule has 2 fully saturated rings. The van der Waals surface area contributed by atoms with E-state index >= 15 is 0 Å². The molecule has 0 radical (unpaired) electrons. The Morgan fingerprint density at radius 1 is 0.957 bits per heavy atom. The van der Waals surface area contributed by atoms with Gasteiger partial charge in [0.25, 0.3) is 10.2 Å². The van der Waals surface area contributed by atoms with Gasteiger partial charge in [0, 0.05) is 59.7 Å². The van der Waals surface area contributed by atoms with Gasteiger partial charge in [-0.1, -0.05) is 0 Å². The fourth-order valence-electron chi connectivity index (χ4n) is 2.92. The van der Waals surface area contributed by atoms with Crippen LogP contribution < -0.4 is 0 Å². The summed E-state index contributed by atoms with van der Waals surface area (Å²) >= 11 is 0. The zero-order valence-electron chi connectivity index (χ0n) is 13.9. The average Bonchev–Trinajstić information content (AvgIpc) is 2.50.